The number of rotatable bonds is 5. The van der Waals surface area contributed by atoms with Crippen LogP contribution in [0, 0.1) is 0 Å². The minimum atomic E-state index is 0. The van der Waals surface area contributed by atoms with Gasteiger partial charge in [-0.05, 0) is 43.6 Å². The molecule has 2 saturated heterocycles. The van der Waals surface area contributed by atoms with E-state index >= 15 is 0 Å². The Hall–Kier alpha value is -1.06. The SMILES string of the molecule is COc1ccc(C(CN=C(N)N2CCOCC2)N2CCCC2)cc1.I. The number of nitrogens with two attached hydrogens (primary N) is 1. The van der Waals surface area contributed by atoms with Gasteiger partial charge in [0, 0.05) is 13.1 Å². The van der Waals surface area contributed by atoms with Crippen molar-refractivity contribution in [2.45, 2.75) is 18.9 Å². The topological polar surface area (TPSA) is 63.3 Å². The third-order valence-corrected chi connectivity index (χ3v) is 4.84. The second-order valence-electron chi connectivity index (χ2n) is 6.33. The van der Waals surface area contributed by atoms with E-state index in [9.17, 15) is 0 Å². The van der Waals surface area contributed by atoms with Gasteiger partial charge in [0.2, 0.25) is 0 Å². The minimum Gasteiger partial charge on any atom is -0.497 e. The Kier molecular flexibility index (Phi) is 8.25. The Bertz CT molecular complexity index is 541. The molecule has 2 fully saturated rings. The number of methoxy groups -OCH3 is 1. The van der Waals surface area contributed by atoms with E-state index in [0.717, 1.165) is 45.1 Å². The number of morpholine rings is 1. The zero-order valence-corrected chi connectivity index (χ0v) is 17.2. The number of hydrogen-bond acceptors (Lipinski definition) is 4. The Balaban J connectivity index is 0.00000225. The van der Waals surface area contributed by atoms with Crippen LogP contribution in [-0.4, -0.2) is 68.8 Å². The van der Waals surface area contributed by atoms with Crippen LogP contribution >= 0.6 is 24.0 Å². The molecule has 1 unspecified atom stereocenters. The number of likely N-dealkylation sites (tertiary alicyclic amines) is 1. The molecule has 2 heterocycles. The summed E-state index contributed by atoms with van der Waals surface area (Å²) in [5.41, 5.74) is 7.48. The van der Waals surface area contributed by atoms with Crippen molar-refractivity contribution >= 4 is 29.9 Å². The highest BCUT2D eigenvalue weighted by atomic mass is 127. The molecule has 0 bridgehead atoms. The normalized spacial score (nSPS) is 20.2. The van der Waals surface area contributed by atoms with Gasteiger partial charge < -0.3 is 20.1 Å². The van der Waals surface area contributed by atoms with Crippen molar-refractivity contribution in [1.29, 1.82) is 0 Å². The van der Waals surface area contributed by atoms with Crippen LogP contribution in [0.3, 0.4) is 0 Å². The fourth-order valence-corrected chi connectivity index (χ4v) is 3.38. The first-order valence-corrected chi connectivity index (χ1v) is 8.78. The minimum absolute atomic E-state index is 0. The molecule has 1 aromatic rings. The van der Waals surface area contributed by atoms with Gasteiger partial charge in [-0.3, -0.25) is 9.89 Å². The Morgan fingerprint density at radius 2 is 1.80 bits per heavy atom. The average molecular weight is 460 g/mol. The standard InChI is InChI=1S/C18H28N4O2.HI/c1-23-16-6-4-15(5-7-16)17(21-8-2-3-9-21)14-20-18(19)22-10-12-24-13-11-22;/h4-7,17H,2-3,8-14H2,1H3,(H2,19,20);1H. The molecular weight excluding hydrogens is 431 g/mol. The summed E-state index contributed by atoms with van der Waals surface area (Å²) in [4.78, 5) is 9.33. The van der Waals surface area contributed by atoms with E-state index in [1.54, 1.807) is 7.11 Å². The molecule has 0 aliphatic carbocycles. The number of nitrogens with zero attached hydrogens (tertiary/aromatic N) is 3. The lowest BCUT2D eigenvalue weighted by molar-refractivity contribution is 0.0673. The van der Waals surface area contributed by atoms with Crippen molar-refractivity contribution in [3.8, 4) is 5.75 Å². The van der Waals surface area contributed by atoms with Gasteiger partial charge in [0.25, 0.3) is 0 Å². The van der Waals surface area contributed by atoms with Crippen LogP contribution in [-0.2, 0) is 4.74 Å². The molecule has 2 N–H and O–H groups in total. The van der Waals surface area contributed by atoms with Gasteiger partial charge in [-0.1, -0.05) is 12.1 Å². The summed E-state index contributed by atoms with van der Waals surface area (Å²) >= 11 is 0. The number of halogens is 1. The van der Waals surface area contributed by atoms with E-state index in [0.29, 0.717) is 12.5 Å². The molecule has 3 rings (SSSR count). The monoisotopic (exact) mass is 460 g/mol. The summed E-state index contributed by atoms with van der Waals surface area (Å²) < 4.78 is 10.6. The largest absolute Gasteiger partial charge is 0.497 e. The van der Waals surface area contributed by atoms with Gasteiger partial charge in [-0.15, -0.1) is 24.0 Å². The third-order valence-electron chi connectivity index (χ3n) is 4.84. The van der Waals surface area contributed by atoms with Crippen LogP contribution in [0.4, 0.5) is 0 Å². The second-order valence-corrected chi connectivity index (χ2v) is 6.33. The lowest BCUT2D eigenvalue weighted by atomic mass is 10.1. The molecule has 1 atom stereocenters. The first kappa shape index (κ1) is 20.3. The van der Waals surface area contributed by atoms with Crippen LogP contribution in [0.1, 0.15) is 24.4 Å². The summed E-state index contributed by atoms with van der Waals surface area (Å²) in [6, 6.07) is 8.60. The maximum atomic E-state index is 6.20. The van der Waals surface area contributed by atoms with E-state index in [1.165, 1.54) is 18.4 Å². The first-order valence-electron chi connectivity index (χ1n) is 8.78. The van der Waals surface area contributed by atoms with Crippen molar-refractivity contribution in [3.63, 3.8) is 0 Å². The summed E-state index contributed by atoms with van der Waals surface area (Å²) in [7, 11) is 1.69. The Morgan fingerprint density at radius 1 is 1.16 bits per heavy atom. The zero-order valence-electron chi connectivity index (χ0n) is 14.9. The summed E-state index contributed by atoms with van der Waals surface area (Å²) in [6.45, 7) is 6.05. The molecule has 2 aliphatic rings. The van der Waals surface area contributed by atoms with E-state index < -0.39 is 0 Å². The van der Waals surface area contributed by atoms with Crippen molar-refractivity contribution in [3.05, 3.63) is 29.8 Å². The maximum Gasteiger partial charge on any atom is 0.191 e. The van der Waals surface area contributed by atoms with Crippen molar-refractivity contribution < 1.29 is 9.47 Å². The van der Waals surface area contributed by atoms with Crippen LogP contribution in [0.25, 0.3) is 0 Å². The summed E-state index contributed by atoms with van der Waals surface area (Å²) in [5, 5.41) is 0. The fourth-order valence-electron chi connectivity index (χ4n) is 3.38. The predicted octanol–water partition coefficient (Wildman–Crippen LogP) is 2.10. The molecule has 25 heavy (non-hydrogen) atoms. The van der Waals surface area contributed by atoms with Crippen LogP contribution in [0.2, 0.25) is 0 Å². The zero-order chi connectivity index (χ0) is 16.8. The van der Waals surface area contributed by atoms with E-state index in [2.05, 4.69) is 21.9 Å². The molecule has 0 aromatic heterocycles. The number of ether oxygens (including phenoxy) is 2. The van der Waals surface area contributed by atoms with Gasteiger partial charge in [-0.2, -0.15) is 0 Å². The van der Waals surface area contributed by atoms with Crippen LogP contribution < -0.4 is 10.5 Å². The molecule has 2 aliphatic heterocycles. The lowest BCUT2D eigenvalue weighted by Gasteiger charge is -2.30. The smallest absolute Gasteiger partial charge is 0.191 e. The molecule has 6 nitrogen and oxygen atoms in total. The quantitative estimate of drug-likeness (QED) is 0.415. The summed E-state index contributed by atoms with van der Waals surface area (Å²) in [5.74, 6) is 1.52. The van der Waals surface area contributed by atoms with E-state index in [1.807, 2.05) is 12.1 Å². The molecular formula is C18H29IN4O2. The first-order chi connectivity index (χ1) is 11.8. The van der Waals surface area contributed by atoms with Crippen LogP contribution in [0.15, 0.2) is 29.3 Å². The predicted molar refractivity (Wildman–Crippen MR) is 111 cm³/mol. The number of benzene rings is 1. The summed E-state index contributed by atoms with van der Waals surface area (Å²) in [6.07, 6.45) is 2.52. The van der Waals surface area contributed by atoms with Gasteiger partial charge >= 0.3 is 0 Å². The number of guanidine groups is 1. The van der Waals surface area contributed by atoms with Gasteiger partial charge in [0.1, 0.15) is 5.75 Å². The Morgan fingerprint density at radius 3 is 2.40 bits per heavy atom. The second kappa shape index (κ2) is 10.2. The highest BCUT2D eigenvalue weighted by molar-refractivity contribution is 14.0. The molecule has 0 saturated carbocycles. The van der Waals surface area contributed by atoms with Crippen LogP contribution in [0.5, 0.6) is 5.75 Å². The molecule has 140 valence electrons. The molecule has 0 radical (unpaired) electrons. The fraction of sp³-hybridized carbons (Fsp3) is 0.611. The lowest BCUT2D eigenvalue weighted by Crippen LogP contribution is -2.45. The number of hydrogen-bond donors (Lipinski definition) is 1. The molecule has 7 heteroatoms. The molecule has 0 spiro atoms. The number of aliphatic imine (C=N–C) groups is 1. The Labute approximate surface area is 167 Å². The van der Waals surface area contributed by atoms with E-state index in [4.69, 9.17) is 20.2 Å². The van der Waals surface area contributed by atoms with Crippen molar-refractivity contribution in [2.75, 3.05) is 53.0 Å². The van der Waals surface area contributed by atoms with Crippen molar-refractivity contribution in [2.24, 2.45) is 10.7 Å². The highest BCUT2D eigenvalue weighted by Crippen LogP contribution is 2.27. The van der Waals surface area contributed by atoms with Gasteiger partial charge in [0.15, 0.2) is 5.96 Å². The van der Waals surface area contributed by atoms with E-state index in [-0.39, 0.29) is 30.0 Å². The third kappa shape index (κ3) is 5.46. The maximum absolute atomic E-state index is 6.20. The highest BCUT2D eigenvalue weighted by Gasteiger charge is 2.24. The molecule has 1 aromatic carbocycles. The molecule has 0 amide bonds. The van der Waals surface area contributed by atoms with Gasteiger partial charge in [-0.25, -0.2) is 0 Å². The van der Waals surface area contributed by atoms with Crippen molar-refractivity contribution in [1.82, 2.24) is 9.80 Å². The van der Waals surface area contributed by atoms with Gasteiger partial charge in [0.05, 0.1) is 32.9 Å². The average Bonchev–Trinajstić information content (AvgIpc) is 3.17.